The second kappa shape index (κ2) is 18.7. The third-order valence-corrected chi connectivity index (χ3v) is 0.333. The van der Waals surface area contributed by atoms with Gasteiger partial charge < -0.3 is 0 Å². The minimum absolute atomic E-state index is 2.00. The van der Waals surface area contributed by atoms with Gasteiger partial charge in [-0.25, -0.2) is 0 Å². The zero-order chi connectivity index (χ0) is 6.12. The van der Waals surface area contributed by atoms with Gasteiger partial charge in [-0.3, -0.25) is 0 Å². The van der Waals surface area contributed by atoms with E-state index in [1.54, 1.807) is 0 Å². The summed E-state index contributed by atoms with van der Waals surface area (Å²) in [7, 11) is 0. The number of hydrogen-bond acceptors (Lipinski definition) is 0. The molecule has 0 aromatic heterocycles. The van der Waals surface area contributed by atoms with Crippen LogP contribution in [-0.2, 0) is 0 Å². The average molecular weight is 96.2 g/mol. The van der Waals surface area contributed by atoms with Crippen molar-refractivity contribution in [2.24, 2.45) is 0 Å². The van der Waals surface area contributed by atoms with E-state index in [4.69, 9.17) is 0 Å². The first kappa shape index (κ1) is 9.54. The van der Waals surface area contributed by atoms with E-state index in [1.807, 2.05) is 26.0 Å². The van der Waals surface area contributed by atoms with Gasteiger partial charge in [0.15, 0.2) is 0 Å². The van der Waals surface area contributed by atoms with E-state index in [2.05, 4.69) is 18.9 Å². The van der Waals surface area contributed by atoms with E-state index in [0.717, 1.165) is 0 Å². The molecule has 0 N–H and O–H groups in total. The molecule has 0 heteroatoms. The largest absolute Gasteiger partial charge is 0.137 e. The van der Waals surface area contributed by atoms with Crippen molar-refractivity contribution in [2.75, 3.05) is 0 Å². The van der Waals surface area contributed by atoms with E-state index in [0.29, 0.717) is 0 Å². The van der Waals surface area contributed by atoms with Gasteiger partial charge in [0, 0.05) is 0 Å². The van der Waals surface area contributed by atoms with Crippen molar-refractivity contribution in [1.29, 1.82) is 0 Å². The molecule has 0 amide bonds. The summed E-state index contributed by atoms with van der Waals surface area (Å²) in [4.78, 5) is 0. The van der Waals surface area contributed by atoms with Crippen molar-refractivity contribution in [3.8, 4) is 0 Å². The summed E-state index contributed by atoms with van der Waals surface area (Å²) in [6, 6.07) is 0. The first-order chi connectivity index (χ1) is 3.33. The Balaban J connectivity index is 0. The van der Waals surface area contributed by atoms with Gasteiger partial charge in [-0.1, -0.05) is 25.3 Å². The summed E-state index contributed by atoms with van der Waals surface area (Å²) >= 11 is 0. The maximum atomic E-state index is 3.12. The van der Waals surface area contributed by atoms with Crippen LogP contribution >= 0.6 is 0 Å². The van der Waals surface area contributed by atoms with Gasteiger partial charge in [0.2, 0.25) is 0 Å². The monoisotopic (exact) mass is 96.1 g/mol. The third-order valence-electron chi connectivity index (χ3n) is 0.333. The van der Waals surface area contributed by atoms with Crippen LogP contribution in [0.15, 0.2) is 31.0 Å². The van der Waals surface area contributed by atoms with Crippen LogP contribution in [0.4, 0.5) is 0 Å². The molecule has 7 heavy (non-hydrogen) atoms. The molecule has 0 fully saturated rings. The highest BCUT2D eigenvalue weighted by Crippen LogP contribution is 1.57. The second-order valence-corrected chi connectivity index (χ2v) is 0.917. The summed E-state index contributed by atoms with van der Waals surface area (Å²) in [6.45, 7) is 10.2. The molecule has 0 aliphatic heterocycles. The molecule has 0 spiro atoms. The van der Waals surface area contributed by atoms with Gasteiger partial charge >= 0.3 is 0 Å². The maximum absolute atomic E-state index is 3.12. The van der Waals surface area contributed by atoms with E-state index >= 15 is 0 Å². The lowest BCUT2D eigenvalue weighted by Gasteiger charge is -1.49. The Morgan fingerprint density at radius 2 is 1.29 bits per heavy atom. The first-order valence-electron chi connectivity index (χ1n) is 2.20. The number of allylic oxidation sites excluding steroid dienone is 2. The van der Waals surface area contributed by atoms with Gasteiger partial charge in [0.25, 0.3) is 0 Å². The van der Waals surface area contributed by atoms with Gasteiger partial charge in [-0.2, -0.15) is 0 Å². The van der Waals surface area contributed by atoms with E-state index in [9.17, 15) is 0 Å². The molecule has 0 aliphatic rings. The Morgan fingerprint density at radius 3 is 1.29 bits per heavy atom. The molecular weight excluding hydrogens is 84.1 g/mol. The van der Waals surface area contributed by atoms with Crippen LogP contribution < -0.4 is 0 Å². The number of rotatable bonds is 0. The second-order valence-electron chi connectivity index (χ2n) is 0.917. The standard InChI is InChI=1S/C4H8.C3H4/c1-3-4-2;1-3-2/h3-4H,1-2H3;1-2H2. The zero-order valence-electron chi connectivity index (χ0n) is 5.07. The zero-order valence-corrected chi connectivity index (χ0v) is 5.07. The van der Waals surface area contributed by atoms with E-state index in [1.165, 1.54) is 0 Å². The Hall–Kier alpha value is -0.740. The molecule has 0 radical (unpaired) electrons. The molecule has 0 saturated carbocycles. The molecule has 0 atom stereocenters. The van der Waals surface area contributed by atoms with Crippen LogP contribution in [0.5, 0.6) is 0 Å². The average Bonchev–Trinajstić information content (AvgIpc) is 1.69. The SMILES string of the molecule is C=C=C.CC=CC. The fraction of sp³-hybridized carbons (Fsp3) is 0.286. The summed E-state index contributed by atoms with van der Waals surface area (Å²) in [5.74, 6) is 0. The summed E-state index contributed by atoms with van der Waals surface area (Å²) in [5.41, 5.74) is 2.25. The quantitative estimate of drug-likeness (QED) is 0.321. The highest BCUT2D eigenvalue weighted by Gasteiger charge is 1.34. The van der Waals surface area contributed by atoms with Gasteiger partial charge in [-0.05, 0) is 13.8 Å². The van der Waals surface area contributed by atoms with E-state index < -0.39 is 0 Å². The molecule has 40 valence electrons. The lowest BCUT2D eigenvalue weighted by molar-refractivity contribution is 1.64. The Morgan fingerprint density at radius 1 is 1.14 bits per heavy atom. The lowest BCUT2D eigenvalue weighted by atomic mass is 10.6. The van der Waals surface area contributed by atoms with Crippen molar-refractivity contribution in [3.05, 3.63) is 31.0 Å². The van der Waals surface area contributed by atoms with Crippen molar-refractivity contribution in [2.45, 2.75) is 13.8 Å². The Bertz CT molecular complexity index is 58.1. The topological polar surface area (TPSA) is 0 Å². The summed E-state index contributed by atoms with van der Waals surface area (Å²) in [6.07, 6.45) is 4.00. The maximum Gasteiger partial charge on any atom is -0.0470 e. The van der Waals surface area contributed by atoms with Crippen LogP contribution in [0.2, 0.25) is 0 Å². The minimum atomic E-state index is 2.00. The molecular formula is C7H12. The third kappa shape index (κ3) is 827. The Kier molecular flexibility index (Phi) is 25.5. The molecule has 0 saturated heterocycles. The smallest absolute Gasteiger partial charge is 0.0470 e. The minimum Gasteiger partial charge on any atom is -0.137 e. The van der Waals surface area contributed by atoms with Gasteiger partial charge in [0.1, 0.15) is 0 Å². The van der Waals surface area contributed by atoms with Crippen molar-refractivity contribution in [1.82, 2.24) is 0 Å². The highest BCUT2D eigenvalue weighted by molar-refractivity contribution is 4.68. The number of hydrogen-bond donors (Lipinski definition) is 0. The van der Waals surface area contributed by atoms with Gasteiger partial charge in [0.05, 0.1) is 0 Å². The molecule has 0 aromatic rings. The predicted molar refractivity (Wildman–Crippen MR) is 35.3 cm³/mol. The Labute approximate surface area is 45.9 Å². The fourth-order valence-electron chi connectivity index (χ4n) is 0. The molecule has 0 nitrogen and oxygen atoms in total. The molecule has 0 heterocycles. The van der Waals surface area contributed by atoms with Crippen molar-refractivity contribution < 1.29 is 0 Å². The summed E-state index contributed by atoms with van der Waals surface area (Å²) < 4.78 is 0. The first-order valence-corrected chi connectivity index (χ1v) is 2.20. The van der Waals surface area contributed by atoms with Crippen molar-refractivity contribution in [3.63, 3.8) is 0 Å². The van der Waals surface area contributed by atoms with Crippen LogP contribution in [-0.4, -0.2) is 0 Å². The summed E-state index contributed by atoms with van der Waals surface area (Å²) in [5, 5.41) is 0. The van der Waals surface area contributed by atoms with Crippen LogP contribution in [0, 0.1) is 0 Å². The highest BCUT2D eigenvalue weighted by atomic mass is 13.4. The molecule has 0 aromatic carbocycles. The van der Waals surface area contributed by atoms with E-state index in [-0.39, 0.29) is 0 Å². The fourth-order valence-corrected chi connectivity index (χ4v) is 0. The van der Waals surface area contributed by atoms with Crippen LogP contribution in [0.1, 0.15) is 13.8 Å². The van der Waals surface area contributed by atoms with Crippen LogP contribution in [0.25, 0.3) is 0 Å². The normalized spacial score (nSPS) is 6.57. The lowest BCUT2D eigenvalue weighted by Crippen LogP contribution is -1.26. The van der Waals surface area contributed by atoms with Crippen molar-refractivity contribution >= 4 is 0 Å². The van der Waals surface area contributed by atoms with Crippen LogP contribution in [0.3, 0.4) is 0 Å². The molecule has 0 aliphatic carbocycles. The molecule has 0 rings (SSSR count). The van der Waals surface area contributed by atoms with Gasteiger partial charge in [-0.15, -0.1) is 5.73 Å². The molecule has 0 unspecified atom stereocenters. The molecule has 0 bridgehead atoms. The predicted octanol–water partition coefficient (Wildman–Crippen LogP) is 2.54.